The standard InChI is InChI=1S/C19H16Cl3N3OS.ClH/c1-11-3-4-14(8-17(11)22)23-18(26)9-16-10-27-19(25(16)2)24-15-6-12(20)5-13(21)7-15;/h3-8,10H,9H2,1-2H3,(H,23,26);1H/b24-19+;. The van der Waals surface area contributed by atoms with Crippen LogP contribution in [0.3, 0.4) is 0 Å². The maximum Gasteiger partial charge on any atom is 0.230 e. The Hall–Kier alpha value is -1.50. The number of carbonyl (C=O) groups is 1. The van der Waals surface area contributed by atoms with Gasteiger partial charge in [0.2, 0.25) is 5.91 Å². The molecule has 2 aromatic carbocycles. The number of benzene rings is 2. The van der Waals surface area contributed by atoms with Crippen LogP contribution in [0.25, 0.3) is 0 Å². The van der Waals surface area contributed by atoms with Gasteiger partial charge in [-0.1, -0.05) is 40.9 Å². The van der Waals surface area contributed by atoms with Gasteiger partial charge in [0.1, 0.15) is 0 Å². The summed E-state index contributed by atoms with van der Waals surface area (Å²) in [4.78, 5) is 17.7. The molecule has 1 amide bonds. The van der Waals surface area contributed by atoms with Crippen LogP contribution >= 0.6 is 58.5 Å². The van der Waals surface area contributed by atoms with Crippen LogP contribution in [-0.4, -0.2) is 10.5 Å². The molecule has 1 N–H and O–H groups in total. The van der Waals surface area contributed by atoms with Gasteiger partial charge < -0.3 is 9.88 Å². The fraction of sp³-hybridized carbons (Fsp3) is 0.158. The summed E-state index contributed by atoms with van der Waals surface area (Å²) < 4.78 is 1.88. The minimum absolute atomic E-state index is 0. The van der Waals surface area contributed by atoms with E-state index in [0.29, 0.717) is 26.4 Å². The average Bonchev–Trinajstić information content (AvgIpc) is 2.90. The topological polar surface area (TPSA) is 46.4 Å². The minimum atomic E-state index is -0.124. The number of amides is 1. The van der Waals surface area contributed by atoms with Gasteiger partial charge in [-0.25, -0.2) is 4.99 Å². The Bertz CT molecular complexity index is 1060. The van der Waals surface area contributed by atoms with Gasteiger partial charge in [0.25, 0.3) is 0 Å². The van der Waals surface area contributed by atoms with Gasteiger partial charge in [0.05, 0.1) is 12.1 Å². The van der Waals surface area contributed by atoms with Crippen molar-refractivity contribution in [2.45, 2.75) is 13.3 Å². The lowest BCUT2D eigenvalue weighted by Crippen LogP contribution is -2.19. The minimum Gasteiger partial charge on any atom is -0.326 e. The van der Waals surface area contributed by atoms with Crippen LogP contribution in [0.15, 0.2) is 46.8 Å². The molecule has 0 aliphatic carbocycles. The lowest BCUT2D eigenvalue weighted by molar-refractivity contribution is -0.115. The molecule has 0 unspecified atom stereocenters. The number of nitrogens with zero attached hydrogens (tertiary/aromatic N) is 2. The van der Waals surface area contributed by atoms with Gasteiger partial charge in [-0.2, -0.15) is 0 Å². The van der Waals surface area contributed by atoms with Gasteiger partial charge in [0, 0.05) is 38.9 Å². The first kappa shape index (κ1) is 22.8. The highest BCUT2D eigenvalue weighted by atomic mass is 35.5. The Morgan fingerprint density at radius 2 is 1.82 bits per heavy atom. The molecular weight excluding hydrogens is 460 g/mol. The first-order valence-corrected chi connectivity index (χ1v) is 10.0. The molecule has 4 nitrogen and oxygen atoms in total. The normalized spacial score (nSPS) is 11.2. The Balaban J connectivity index is 0.00000280. The van der Waals surface area contributed by atoms with Crippen LogP contribution in [0.1, 0.15) is 11.3 Å². The number of rotatable bonds is 4. The van der Waals surface area contributed by atoms with E-state index < -0.39 is 0 Å². The fourth-order valence-corrected chi connectivity index (χ4v) is 4.03. The number of aromatic nitrogens is 1. The quantitative estimate of drug-likeness (QED) is 0.479. The van der Waals surface area contributed by atoms with Crippen LogP contribution in [0.2, 0.25) is 15.1 Å². The number of thiazole rings is 1. The Morgan fingerprint density at radius 1 is 1.14 bits per heavy atom. The number of anilines is 1. The van der Waals surface area contributed by atoms with Crippen LogP contribution in [0.4, 0.5) is 11.4 Å². The first-order valence-electron chi connectivity index (χ1n) is 8.02. The number of hydrogen-bond donors (Lipinski definition) is 1. The molecule has 0 bridgehead atoms. The molecular formula is C19H17Cl4N3OS. The third kappa shape index (κ3) is 5.75. The zero-order chi connectivity index (χ0) is 19.6. The lowest BCUT2D eigenvalue weighted by Gasteiger charge is -2.07. The molecule has 1 heterocycles. The van der Waals surface area contributed by atoms with Crippen molar-refractivity contribution in [3.63, 3.8) is 0 Å². The first-order chi connectivity index (χ1) is 12.8. The highest BCUT2D eigenvalue weighted by molar-refractivity contribution is 7.07. The highest BCUT2D eigenvalue weighted by Gasteiger charge is 2.09. The number of halogens is 4. The highest BCUT2D eigenvalue weighted by Crippen LogP contribution is 2.24. The summed E-state index contributed by atoms with van der Waals surface area (Å²) in [5.41, 5.74) is 3.15. The van der Waals surface area contributed by atoms with E-state index in [1.165, 1.54) is 11.3 Å². The van der Waals surface area contributed by atoms with Crippen LogP contribution in [0, 0.1) is 6.92 Å². The number of hydrogen-bond acceptors (Lipinski definition) is 3. The fourth-order valence-electron chi connectivity index (χ4n) is 2.42. The second-order valence-electron chi connectivity index (χ2n) is 6.00. The largest absolute Gasteiger partial charge is 0.326 e. The van der Waals surface area contributed by atoms with Crippen molar-refractivity contribution in [2.75, 3.05) is 5.32 Å². The summed E-state index contributed by atoms with van der Waals surface area (Å²) in [5, 5.41) is 6.44. The van der Waals surface area contributed by atoms with Crippen molar-refractivity contribution in [1.82, 2.24) is 4.57 Å². The van der Waals surface area contributed by atoms with E-state index in [-0.39, 0.29) is 24.7 Å². The second-order valence-corrected chi connectivity index (χ2v) is 8.11. The average molecular weight is 477 g/mol. The van der Waals surface area contributed by atoms with Gasteiger partial charge in [-0.3, -0.25) is 4.79 Å². The lowest BCUT2D eigenvalue weighted by atomic mass is 10.2. The summed E-state index contributed by atoms with van der Waals surface area (Å²) in [5.74, 6) is -0.124. The molecule has 0 radical (unpaired) electrons. The molecule has 1 aromatic heterocycles. The molecule has 9 heteroatoms. The molecule has 0 aliphatic heterocycles. The maximum atomic E-state index is 12.4. The van der Waals surface area contributed by atoms with Crippen molar-refractivity contribution in [1.29, 1.82) is 0 Å². The third-order valence-corrected chi connectivity index (χ3v) is 5.70. The molecule has 0 saturated carbocycles. The third-order valence-electron chi connectivity index (χ3n) is 3.89. The summed E-state index contributed by atoms with van der Waals surface area (Å²) >= 11 is 19.6. The van der Waals surface area contributed by atoms with Crippen LogP contribution < -0.4 is 10.1 Å². The molecule has 148 valence electrons. The molecule has 3 aromatic rings. The molecule has 0 spiro atoms. The van der Waals surface area contributed by atoms with E-state index in [1.807, 2.05) is 36.1 Å². The van der Waals surface area contributed by atoms with Crippen LogP contribution in [0.5, 0.6) is 0 Å². The van der Waals surface area contributed by atoms with E-state index >= 15 is 0 Å². The predicted octanol–water partition coefficient (Wildman–Crippen LogP) is 6.19. The molecule has 0 aliphatic rings. The molecule has 0 saturated heterocycles. The SMILES string of the molecule is Cc1ccc(NC(=O)Cc2cs/c(=N/c3cc(Cl)cc(Cl)c3)n2C)cc1Cl.Cl. The smallest absolute Gasteiger partial charge is 0.230 e. The molecule has 3 rings (SSSR count). The Labute approximate surface area is 188 Å². The monoisotopic (exact) mass is 475 g/mol. The Morgan fingerprint density at radius 3 is 2.46 bits per heavy atom. The van der Waals surface area contributed by atoms with Crippen molar-refractivity contribution < 1.29 is 4.79 Å². The van der Waals surface area contributed by atoms with Gasteiger partial charge >= 0.3 is 0 Å². The van der Waals surface area contributed by atoms with Gasteiger partial charge in [-0.15, -0.1) is 23.7 Å². The van der Waals surface area contributed by atoms with E-state index in [0.717, 1.165) is 16.1 Å². The Kier molecular flexibility index (Phi) is 7.98. The van der Waals surface area contributed by atoms with Crippen molar-refractivity contribution in [3.8, 4) is 0 Å². The van der Waals surface area contributed by atoms with Crippen molar-refractivity contribution in [3.05, 3.63) is 72.9 Å². The number of carbonyl (C=O) groups excluding carboxylic acids is 1. The number of aryl methyl sites for hydroxylation is 1. The zero-order valence-electron chi connectivity index (χ0n) is 15.0. The van der Waals surface area contributed by atoms with E-state index in [9.17, 15) is 4.79 Å². The number of nitrogens with one attached hydrogen (secondary N) is 1. The maximum absolute atomic E-state index is 12.4. The van der Waals surface area contributed by atoms with E-state index in [4.69, 9.17) is 34.8 Å². The van der Waals surface area contributed by atoms with E-state index in [1.54, 1.807) is 24.3 Å². The van der Waals surface area contributed by atoms with Crippen LogP contribution in [-0.2, 0) is 18.3 Å². The molecule has 28 heavy (non-hydrogen) atoms. The van der Waals surface area contributed by atoms with Gasteiger partial charge in [0.15, 0.2) is 4.80 Å². The summed E-state index contributed by atoms with van der Waals surface area (Å²) in [6.45, 7) is 1.91. The molecule has 0 fully saturated rings. The molecule has 0 atom stereocenters. The van der Waals surface area contributed by atoms with Crippen molar-refractivity contribution in [2.24, 2.45) is 12.0 Å². The predicted molar refractivity (Wildman–Crippen MR) is 121 cm³/mol. The van der Waals surface area contributed by atoms with Crippen molar-refractivity contribution >= 4 is 75.8 Å². The summed E-state index contributed by atoms with van der Waals surface area (Å²) in [6, 6.07) is 10.6. The summed E-state index contributed by atoms with van der Waals surface area (Å²) in [7, 11) is 1.87. The van der Waals surface area contributed by atoms with Gasteiger partial charge in [-0.05, 0) is 42.8 Å². The second kappa shape index (κ2) is 9.81. The van der Waals surface area contributed by atoms with E-state index in [2.05, 4.69) is 10.3 Å². The zero-order valence-corrected chi connectivity index (χ0v) is 18.9. The summed E-state index contributed by atoms with van der Waals surface area (Å²) in [6.07, 6.45) is 0.227.